The lowest BCUT2D eigenvalue weighted by atomic mass is 9.97. The summed E-state index contributed by atoms with van der Waals surface area (Å²) in [4.78, 5) is 21.2. The predicted octanol–water partition coefficient (Wildman–Crippen LogP) is 7.03. The molecule has 3 nitrogen and oxygen atoms in total. The highest BCUT2D eigenvalue weighted by Crippen LogP contribution is 2.35. The van der Waals surface area contributed by atoms with Gasteiger partial charge in [-0.3, -0.25) is 9.36 Å². The van der Waals surface area contributed by atoms with Crippen LogP contribution in [0.1, 0.15) is 34.4 Å². The van der Waals surface area contributed by atoms with Gasteiger partial charge in [-0.2, -0.15) is 0 Å². The predicted molar refractivity (Wildman–Crippen MR) is 144 cm³/mol. The lowest BCUT2D eigenvalue weighted by Crippen LogP contribution is -2.24. The lowest BCUT2D eigenvalue weighted by molar-refractivity contribution is 0.595. The topological polar surface area (TPSA) is 34.9 Å². The van der Waals surface area contributed by atoms with Crippen molar-refractivity contribution in [2.45, 2.75) is 49.6 Å². The summed E-state index contributed by atoms with van der Waals surface area (Å²) in [6.07, 6.45) is 5.29. The van der Waals surface area contributed by atoms with Gasteiger partial charge in [-0.1, -0.05) is 84.6 Å². The molecule has 0 spiro atoms. The van der Waals surface area contributed by atoms with Gasteiger partial charge in [0, 0.05) is 17.2 Å². The van der Waals surface area contributed by atoms with Crippen molar-refractivity contribution in [2.75, 3.05) is 0 Å². The van der Waals surface area contributed by atoms with E-state index >= 15 is 0 Å². The Labute approximate surface area is 207 Å². The van der Waals surface area contributed by atoms with E-state index in [0.717, 1.165) is 40.4 Å². The minimum Gasteiger partial charge on any atom is -0.287 e. The zero-order chi connectivity index (χ0) is 22.9. The summed E-state index contributed by atoms with van der Waals surface area (Å²) in [5.41, 5.74) is 3.92. The van der Waals surface area contributed by atoms with Gasteiger partial charge in [-0.15, -0.1) is 11.3 Å². The van der Waals surface area contributed by atoms with E-state index in [2.05, 4.69) is 66.7 Å². The Morgan fingerprint density at radius 3 is 2.62 bits per heavy atom. The average Bonchev–Trinajstić information content (AvgIpc) is 3.26. The van der Waals surface area contributed by atoms with Gasteiger partial charge in [-0.25, -0.2) is 4.98 Å². The number of thiophene rings is 1. The summed E-state index contributed by atoms with van der Waals surface area (Å²) in [6, 6.07) is 25.4. The number of nitrogens with zero attached hydrogens (tertiary/aromatic N) is 2. The standard InChI is InChI=1S/C29H26N2OS2/c32-28-26-24-15-6-7-16-25(24)34-27(26)30-29(31(28)18-17-20-9-2-1-3-10-20)33-19-22-13-8-12-21-11-4-5-14-23(21)22/h1-5,8-14H,6-7,15-19H2. The molecular weight excluding hydrogens is 456 g/mol. The van der Waals surface area contributed by atoms with E-state index in [1.54, 1.807) is 23.1 Å². The maximum absolute atomic E-state index is 13.8. The van der Waals surface area contributed by atoms with E-state index < -0.39 is 0 Å². The van der Waals surface area contributed by atoms with Crippen molar-refractivity contribution in [3.05, 3.63) is 105 Å². The molecule has 0 bridgehead atoms. The summed E-state index contributed by atoms with van der Waals surface area (Å²) >= 11 is 3.42. The zero-order valence-electron chi connectivity index (χ0n) is 19.0. The van der Waals surface area contributed by atoms with Crippen LogP contribution in [0.4, 0.5) is 0 Å². The van der Waals surface area contributed by atoms with Gasteiger partial charge < -0.3 is 0 Å². The van der Waals surface area contributed by atoms with Crippen molar-refractivity contribution in [1.29, 1.82) is 0 Å². The lowest BCUT2D eigenvalue weighted by Gasteiger charge is -2.14. The number of benzene rings is 3. The third kappa shape index (κ3) is 4.08. The van der Waals surface area contributed by atoms with Gasteiger partial charge in [0.25, 0.3) is 5.56 Å². The fourth-order valence-electron chi connectivity index (χ4n) is 4.97. The largest absolute Gasteiger partial charge is 0.287 e. The van der Waals surface area contributed by atoms with Crippen LogP contribution >= 0.6 is 23.1 Å². The molecule has 34 heavy (non-hydrogen) atoms. The molecule has 2 aromatic heterocycles. The average molecular weight is 483 g/mol. The molecule has 170 valence electrons. The van der Waals surface area contributed by atoms with E-state index in [9.17, 15) is 4.79 Å². The first-order valence-electron chi connectivity index (χ1n) is 12.0. The molecule has 3 aromatic carbocycles. The second-order valence-electron chi connectivity index (χ2n) is 8.90. The summed E-state index contributed by atoms with van der Waals surface area (Å²) in [6.45, 7) is 0.647. The Hall–Kier alpha value is -2.89. The first-order valence-corrected chi connectivity index (χ1v) is 13.8. The van der Waals surface area contributed by atoms with Crippen LogP contribution in [0, 0.1) is 0 Å². The van der Waals surface area contributed by atoms with Crippen molar-refractivity contribution >= 4 is 44.1 Å². The summed E-state index contributed by atoms with van der Waals surface area (Å²) in [5.74, 6) is 0.787. The molecule has 6 rings (SSSR count). The molecule has 0 unspecified atom stereocenters. The minimum atomic E-state index is 0.140. The SMILES string of the molecule is O=c1c2c3c(sc2nc(SCc2cccc4ccccc24)n1CCc1ccccc1)CCCC3. The first-order chi connectivity index (χ1) is 16.8. The van der Waals surface area contributed by atoms with Crippen molar-refractivity contribution < 1.29 is 0 Å². The molecule has 0 N–H and O–H groups in total. The Bertz CT molecular complexity index is 1530. The van der Waals surface area contributed by atoms with Crippen LogP contribution in [-0.4, -0.2) is 9.55 Å². The smallest absolute Gasteiger partial charge is 0.263 e. The second kappa shape index (κ2) is 9.40. The monoisotopic (exact) mass is 482 g/mol. The molecule has 0 amide bonds. The number of hydrogen-bond donors (Lipinski definition) is 0. The van der Waals surface area contributed by atoms with Gasteiger partial charge in [0.2, 0.25) is 0 Å². The van der Waals surface area contributed by atoms with Gasteiger partial charge in [0.1, 0.15) is 4.83 Å². The Balaban J connectivity index is 1.40. The first kappa shape index (κ1) is 21.6. The molecule has 5 aromatic rings. The van der Waals surface area contributed by atoms with Crippen LogP contribution in [0.5, 0.6) is 0 Å². The number of hydrogen-bond acceptors (Lipinski definition) is 4. The van der Waals surface area contributed by atoms with Gasteiger partial charge in [0.15, 0.2) is 5.16 Å². The number of thioether (sulfide) groups is 1. The molecule has 1 aliphatic rings. The molecule has 0 radical (unpaired) electrons. The van der Waals surface area contributed by atoms with E-state index in [1.807, 2.05) is 10.6 Å². The third-order valence-electron chi connectivity index (χ3n) is 6.74. The van der Waals surface area contributed by atoms with Gasteiger partial charge >= 0.3 is 0 Å². The van der Waals surface area contributed by atoms with E-state index in [0.29, 0.717) is 6.54 Å². The molecule has 0 fully saturated rings. The molecule has 2 heterocycles. The van der Waals surface area contributed by atoms with E-state index in [1.165, 1.54) is 45.2 Å². The Morgan fingerprint density at radius 2 is 1.71 bits per heavy atom. The molecule has 0 saturated heterocycles. The summed E-state index contributed by atoms with van der Waals surface area (Å²) in [7, 11) is 0. The normalized spacial score (nSPS) is 13.4. The maximum atomic E-state index is 13.8. The van der Waals surface area contributed by atoms with Crippen LogP contribution < -0.4 is 5.56 Å². The molecule has 0 saturated carbocycles. The van der Waals surface area contributed by atoms with Gasteiger partial charge in [-0.05, 0) is 59.6 Å². The zero-order valence-corrected chi connectivity index (χ0v) is 20.6. The highest BCUT2D eigenvalue weighted by atomic mass is 32.2. The maximum Gasteiger partial charge on any atom is 0.263 e. The fraction of sp³-hybridized carbons (Fsp3) is 0.241. The molecular formula is C29H26N2OS2. The number of fused-ring (bicyclic) bond motifs is 4. The van der Waals surface area contributed by atoms with Crippen LogP contribution in [-0.2, 0) is 31.6 Å². The minimum absolute atomic E-state index is 0.140. The number of aryl methyl sites for hydroxylation is 3. The number of rotatable bonds is 6. The second-order valence-corrected chi connectivity index (χ2v) is 10.9. The highest BCUT2D eigenvalue weighted by molar-refractivity contribution is 7.98. The molecule has 5 heteroatoms. The van der Waals surface area contributed by atoms with Gasteiger partial charge in [0.05, 0.1) is 5.39 Å². The van der Waals surface area contributed by atoms with Crippen molar-refractivity contribution in [1.82, 2.24) is 9.55 Å². The Morgan fingerprint density at radius 1 is 0.912 bits per heavy atom. The van der Waals surface area contributed by atoms with Crippen LogP contribution in [0.2, 0.25) is 0 Å². The van der Waals surface area contributed by atoms with Crippen LogP contribution in [0.3, 0.4) is 0 Å². The summed E-state index contributed by atoms with van der Waals surface area (Å²) in [5, 5.41) is 4.22. The summed E-state index contributed by atoms with van der Waals surface area (Å²) < 4.78 is 1.94. The molecule has 0 atom stereocenters. The highest BCUT2D eigenvalue weighted by Gasteiger charge is 2.22. The Kier molecular flexibility index (Phi) is 5.98. The van der Waals surface area contributed by atoms with Crippen molar-refractivity contribution in [3.63, 3.8) is 0 Å². The van der Waals surface area contributed by atoms with Crippen LogP contribution in [0.15, 0.2) is 82.7 Å². The number of aromatic nitrogens is 2. The van der Waals surface area contributed by atoms with E-state index in [4.69, 9.17) is 4.98 Å². The molecule has 1 aliphatic carbocycles. The van der Waals surface area contributed by atoms with Crippen LogP contribution in [0.25, 0.3) is 21.0 Å². The van der Waals surface area contributed by atoms with Crippen molar-refractivity contribution in [2.24, 2.45) is 0 Å². The fourth-order valence-corrected chi connectivity index (χ4v) is 7.31. The quantitative estimate of drug-likeness (QED) is 0.193. The van der Waals surface area contributed by atoms with Crippen molar-refractivity contribution in [3.8, 4) is 0 Å². The molecule has 0 aliphatic heterocycles. The third-order valence-corrected chi connectivity index (χ3v) is 8.95. The van der Waals surface area contributed by atoms with E-state index in [-0.39, 0.29) is 5.56 Å².